The van der Waals surface area contributed by atoms with Crippen molar-refractivity contribution in [2.75, 3.05) is 6.61 Å². The van der Waals surface area contributed by atoms with Crippen LogP contribution in [0.4, 0.5) is 0 Å². The number of aliphatic hydroxyl groups is 1. The van der Waals surface area contributed by atoms with E-state index in [-0.39, 0.29) is 24.5 Å². The first-order chi connectivity index (χ1) is 10.9. The molecule has 5 nitrogen and oxygen atoms in total. The Kier molecular flexibility index (Phi) is 5.55. The molecule has 0 radical (unpaired) electrons. The number of nitrogens with zero attached hydrogens (tertiary/aromatic N) is 2. The summed E-state index contributed by atoms with van der Waals surface area (Å²) in [5.74, 6) is 0.0532. The van der Waals surface area contributed by atoms with Crippen molar-refractivity contribution in [1.82, 2.24) is 15.1 Å². The monoisotopic (exact) mass is 315 g/mol. The van der Waals surface area contributed by atoms with Crippen LogP contribution in [0, 0.1) is 19.8 Å². The van der Waals surface area contributed by atoms with Crippen LogP contribution in [-0.2, 0) is 0 Å². The average molecular weight is 315 g/mol. The fourth-order valence-electron chi connectivity index (χ4n) is 2.49. The van der Waals surface area contributed by atoms with Crippen molar-refractivity contribution in [3.8, 4) is 5.69 Å². The Bertz CT molecular complexity index is 659. The van der Waals surface area contributed by atoms with E-state index in [1.165, 1.54) is 5.56 Å². The van der Waals surface area contributed by atoms with E-state index in [2.05, 4.69) is 10.4 Å². The van der Waals surface area contributed by atoms with Crippen LogP contribution in [0.5, 0.6) is 0 Å². The molecule has 1 amide bonds. The van der Waals surface area contributed by atoms with Gasteiger partial charge in [0.25, 0.3) is 5.91 Å². The molecule has 124 valence electrons. The number of aryl methyl sites for hydroxylation is 2. The van der Waals surface area contributed by atoms with Gasteiger partial charge in [-0.25, -0.2) is 4.68 Å². The lowest BCUT2D eigenvalue weighted by Gasteiger charge is -2.20. The molecule has 2 aromatic rings. The predicted molar refractivity (Wildman–Crippen MR) is 90.8 cm³/mol. The molecule has 1 atom stereocenters. The van der Waals surface area contributed by atoms with Gasteiger partial charge in [0.2, 0.25) is 0 Å². The summed E-state index contributed by atoms with van der Waals surface area (Å²) in [6.07, 6.45) is 0.543. The highest BCUT2D eigenvalue weighted by Gasteiger charge is 2.19. The quantitative estimate of drug-likeness (QED) is 0.861. The van der Waals surface area contributed by atoms with Crippen LogP contribution in [0.3, 0.4) is 0 Å². The van der Waals surface area contributed by atoms with Crippen molar-refractivity contribution in [2.24, 2.45) is 5.92 Å². The molecule has 23 heavy (non-hydrogen) atoms. The van der Waals surface area contributed by atoms with E-state index >= 15 is 0 Å². The number of benzene rings is 1. The topological polar surface area (TPSA) is 67.2 Å². The first-order valence-corrected chi connectivity index (χ1v) is 7.97. The van der Waals surface area contributed by atoms with Crippen LogP contribution in [0.15, 0.2) is 30.3 Å². The van der Waals surface area contributed by atoms with E-state index < -0.39 is 0 Å². The van der Waals surface area contributed by atoms with Crippen molar-refractivity contribution in [2.45, 2.75) is 40.2 Å². The Morgan fingerprint density at radius 3 is 2.48 bits per heavy atom. The molecule has 2 N–H and O–H groups in total. The molecule has 2 rings (SSSR count). The number of aromatic nitrogens is 2. The van der Waals surface area contributed by atoms with Gasteiger partial charge in [-0.3, -0.25) is 4.79 Å². The Balaban J connectivity index is 2.19. The van der Waals surface area contributed by atoms with E-state index in [1.807, 2.05) is 52.0 Å². The fourth-order valence-corrected chi connectivity index (χ4v) is 2.49. The summed E-state index contributed by atoms with van der Waals surface area (Å²) < 4.78 is 1.77. The lowest BCUT2D eigenvalue weighted by atomic mass is 10.0. The maximum atomic E-state index is 12.4. The molecule has 1 aromatic heterocycles. The van der Waals surface area contributed by atoms with Crippen molar-refractivity contribution in [1.29, 1.82) is 0 Å². The van der Waals surface area contributed by atoms with Crippen LogP contribution in [0.1, 0.15) is 42.0 Å². The van der Waals surface area contributed by atoms with E-state index in [0.29, 0.717) is 12.1 Å². The second-order valence-corrected chi connectivity index (χ2v) is 6.25. The van der Waals surface area contributed by atoms with E-state index in [0.717, 1.165) is 11.4 Å². The molecular weight excluding hydrogens is 290 g/mol. The second-order valence-electron chi connectivity index (χ2n) is 6.25. The number of carbonyl (C=O) groups excluding carboxylic acids is 1. The number of nitrogens with one attached hydrogen (secondary N) is 1. The first-order valence-electron chi connectivity index (χ1n) is 7.97. The molecule has 0 fully saturated rings. The minimum atomic E-state index is -0.203. The van der Waals surface area contributed by atoms with E-state index in [1.54, 1.807) is 10.7 Å². The van der Waals surface area contributed by atoms with Crippen LogP contribution >= 0.6 is 0 Å². The zero-order valence-electron chi connectivity index (χ0n) is 14.2. The van der Waals surface area contributed by atoms with Gasteiger partial charge in [-0.15, -0.1) is 0 Å². The highest BCUT2D eigenvalue weighted by molar-refractivity contribution is 5.92. The standard InChI is InChI=1S/C18H25N3O2/c1-12(2)16(9-10-22)19-18(23)17-11-14(4)21(20-17)15-7-5-13(3)6-8-15/h5-8,11-12,16,22H,9-10H2,1-4H3,(H,19,23). The van der Waals surface area contributed by atoms with Crippen molar-refractivity contribution < 1.29 is 9.90 Å². The molecule has 1 unspecified atom stereocenters. The lowest BCUT2D eigenvalue weighted by molar-refractivity contribution is 0.0911. The number of rotatable bonds is 6. The summed E-state index contributed by atoms with van der Waals surface area (Å²) in [5.41, 5.74) is 3.41. The Morgan fingerprint density at radius 2 is 1.91 bits per heavy atom. The molecule has 5 heteroatoms. The van der Waals surface area contributed by atoms with Crippen LogP contribution in [0.25, 0.3) is 5.69 Å². The third-order valence-electron chi connectivity index (χ3n) is 3.96. The van der Waals surface area contributed by atoms with Gasteiger partial charge in [0.1, 0.15) is 0 Å². The smallest absolute Gasteiger partial charge is 0.272 e. The Morgan fingerprint density at radius 1 is 1.26 bits per heavy atom. The van der Waals surface area contributed by atoms with Gasteiger partial charge in [0.05, 0.1) is 5.69 Å². The molecule has 1 aromatic carbocycles. The van der Waals surface area contributed by atoms with Gasteiger partial charge in [-0.05, 0) is 44.4 Å². The Labute approximate surface area is 137 Å². The maximum Gasteiger partial charge on any atom is 0.272 e. The van der Waals surface area contributed by atoms with Gasteiger partial charge in [0, 0.05) is 18.3 Å². The first kappa shape index (κ1) is 17.2. The molecule has 0 aliphatic rings. The molecule has 0 aliphatic carbocycles. The van der Waals surface area contributed by atoms with Gasteiger partial charge in [0.15, 0.2) is 5.69 Å². The van der Waals surface area contributed by atoms with E-state index in [9.17, 15) is 4.79 Å². The predicted octanol–water partition coefficient (Wildman–Crippen LogP) is 2.63. The Hall–Kier alpha value is -2.14. The molecule has 0 bridgehead atoms. The second kappa shape index (κ2) is 7.42. The summed E-state index contributed by atoms with van der Waals surface area (Å²) >= 11 is 0. The SMILES string of the molecule is Cc1ccc(-n2nc(C(=O)NC(CCO)C(C)C)cc2C)cc1. The lowest BCUT2D eigenvalue weighted by Crippen LogP contribution is -2.39. The minimum absolute atomic E-state index is 0.0555. The summed E-state index contributed by atoms with van der Waals surface area (Å²) in [6, 6.07) is 9.74. The third-order valence-corrected chi connectivity index (χ3v) is 3.96. The summed E-state index contributed by atoms with van der Waals surface area (Å²) in [5, 5.41) is 16.5. The number of hydrogen-bond acceptors (Lipinski definition) is 3. The molecule has 0 saturated heterocycles. The minimum Gasteiger partial charge on any atom is -0.396 e. The number of amides is 1. The van der Waals surface area contributed by atoms with Crippen LogP contribution < -0.4 is 5.32 Å². The highest BCUT2D eigenvalue weighted by Crippen LogP contribution is 2.14. The molecule has 0 spiro atoms. The molecule has 1 heterocycles. The summed E-state index contributed by atoms with van der Waals surface area (Å²) in [6.45, 7) is 8.07. The molecular formula is C18H25N3O2. The molecule has 0 aliphatic heterocycles. The van der Waals surface area contributed by atoms with Crippen molar-refractivity contribution in [3.63, 3.8) is 0 Å². The van der Waals surface area contributed by atoms with Crippen LogP contribution in [0.2, 0.25) is 0 Å². The van der Waals surface area contributed by atoms with Gasteiger partial charge >= 0.3 is 0 Å². The van der Waals surface area contributed by atoms with Crippen molar-refractivity contribution >= 4 is 5.91 Å². The highest BCUT2D eigenvalue weighted by atomic mass is 16.3. The zero-order valence-corrected chi connectivity index (χ0v) is 14.2. The number of aliphatic hydroxyl groups excluding tert-OH is 1. The largest absolute Gasteiger partial charge is 0.396 e. The number of carbonyl (C=O) groups is 1. The fraction of sp³-hybridized carbons (Fsp3) is 0.444. The summed E-state index contributed by atoms with van der Waals surface area (Å²) in [4.78, 5) is 12.4. The summed E-state index contributed by atoms with van der Waals surface area (Å²) in [7, 11) is 0. The van der Waals surface area contributed by atoms with Crippen molar-refractivity contribution in [3.05, 3.63) is 47.3 Å². The third kappa shape index (κ3) is 4.20. The van der Waals surface area contributed by atoms with E-state index in [4.69, 9.17) is 5.11 Å². The van der Waals surface area contributed by atoms with Gasteiger partial charge in [-0.2, -0.15) is 5.10 Å². The van der Waals surface area contributed by atoms with Crippen LogP contribution in [-0.4, -0.2) is 33.4 Å². The average Bonchev–Trinajstić information content (AvgIpc) is 2.89. The molecule has 0 saturated carbocycles. The normalized spacial score (nSPS) is 12.4. The zero-order chi connectivity index (χ0) is 17.0. The van der Waals surface area contributed by atoms with Gasteiger partial charge in [-0.1, -0.05) is 31.5 Å². The maximum absolute atomic E-state index is 12.4. The number of hydrogen-bond donors (Lipinski definition) is 2. The van der Waals surface area contributed by atoms with Gasteiger partial charge < -0.3 is 10.4 Å².